The molecule has 46 heavy (non-hydrogen) atoms. The molecule has 1 N–H and O–H groups in total. The Hall–Kier alpha value is -1.93. The Bertz CT molecular complexity index is 1270. The first-order chi connectivity index (χ1) is 21.5. The monoisotopic (exact) mass is 641 g/mol. The molecule has 6 rings (SSSR count). The zero-order valence-electron chi connectivity index (χ0n) is 29.7. The standard InChI is InChI=1S/C38H59NO7/c1-23(2)24(3)34(5)15-16-36(7)26-11-12-29-35(6)21-44-22-38(29,27(26)13-14-37(36,8)31(34)33(42)43)19-28(45-25(4)40)32(35)46-30(41)20-39-17-9-10-18-39/h13,23-24,26,28-29,31-32H,9-12,14-22H2,1-8H3,(H,42,43)/t24-,26+,28-,29+,31-,32+,34-,35-,36-,37+,38+/m1/s1. The molecule has 258 valence electrons. The van der Waals surface area contributed by atoms with Crippen molar-refractivity contribution in [3.8, 4) is 0 Å². The summed E-state index contributed by atoms with van der Waals surface area (Å²) < 4.78 is 18.9. The van der Waals surface area contributed by atoms with Crippen molar-refractivity contribution in [2.45, 2.75) is 119 Å². The average Bonchev–Trinajstić information content (AvgIpc) is 3.47. The minimum atomic E-state index is -0.660. The Morgan fingerprint density at radius 1 is 1.00 bits per heavy atom. The lowest BCUT2D eigenvalue weighted by Crippen LogP contribution is -2.70. The molecule has 8 nitrogen and oxygen atoms in total. The van der Waals surface area contributed by atoms with E-state index in [0.29, 0.717) is 32.0 Å². The molecule has 0 amide bonds. The van der Waals surface area contributed by atoms with E-state index in [2.05, 4.69) is 59.4 Å². The Kier molecular flexibility index (Phi) is 8.56. The van der Waals surface area contributed by atoms with E-state index in [1.165, 1.54) is 12.5 Å². The topological polar surface area (TPSA) is 102 Å². The molecule has 5 fully saturated rings. The molecule has 2 aliphatic heterocycles. The maximum Gasteiger partial charge on any atom is 0.320 e. The van der Waals surface area contributed by atoms with Crippen LogP contribution >= 0.6 is 0 Å². The number of hydrogen-bond donors (Lipinski definition) is 1. The van der Waals surface area contributed by atoms with E-state index in [1.54, 1.807) is 0 Å². The van der Waals surface area contributed by atoms with Crippen LogP contribution in [0.2, 0.25) is 0 Å². The van der Waals surface area contributed by atoms with Gasteiger partial charge in [-0.15, -0.1) is 0 Å². The molecule has 0 unspecified atom stereocenters. The van der Waals surface area contributed by atoms with Crippen molar-refractivity contribution in [3.05, 3.63) is 11.6 Å². The third-order valence-electron chi connectivity index (χ3n) is 15.2. The van der Waals surface area contributed by atoms with Crippen LogP contribution in [0.3, 0.4) is 0 Å². The van der Waals surface area contributed by atoms with Crippen LogP contribution in [0.25, 0.3) is 0 Å². The second-order valence-corrected chi connectivity index (χ2v) is 17.6. The van der Waals surface area contributed by atoms with Crippen LogP contribution in [0.5, 0.6) is 0 Å². The maximum absolute atomic E-state index is 13.3. The normalized spacial score (nSPS) is 45.9. The van der Waals surface area contributed by atoms with Crippen molar-refractivity contribution in [2.75, 3.05) is 32.8 Å². The summed E-state index contributed by atoms with van der Waals surface area (Å²) in [6, 6.07) is 0. The predicted molar refractivity (Wildman–Crippen MR) is 175 cm³/mol. The number of likely N-dealkylation sites (tertiary alicyclic amines) is 1. The number of carboxylic acid groups (broad SMARTS) is 1. The lowest BCUT2D eigenvalue weighted by atomic mass is 9.34. The molecule has 0 aromatic heterocycles. The van der Waals surface area contributed by atoms with E-state index in [-0.39, 0.29) is 52.5 Å². The Labute approximate surface area is 276 Å². The maximum atomic E-state index is 13.3. The number of nitrogens with zero attached hydrogens (tertiary/aromatic N) is 1. The third-order valence-corrected chi connectivity index (χ3v) is 15.2. The van der Waals surface area contributed by atoms with Gasteiger partial charge in [0.05, 0.1) is 25.7 Å². The largest absolute Gasteiger partial charge is 0.481 e. The molecule has 0 aromatic carbocycles. The molecule has 0 spiro atoms. The van der Waals surface area contributed by atoms with Gasteiger partial charge in [-0.3, -0.25) is 19.3 Å². The summed E-state index contributed by atoms with van der Waals surface area (Å²) in [7, 11) is 0. The van der Waals surface area contributed by atoms with Crippen LogP contribution in [0.15, 0.2) is 11.6 Å². The summed E-state index contributed by atoms with van der Waals surface area (Å²) in [6.07, 6.45) is 8.57. The van der Waals surface area contributed by atoms with E-state index < -0.39 is 34.9 Å². The van der Waals surface area contributed by atoms with Crippen LogP contribution in [-0.2, 0) is 28.6 Å². The summed E-state index contributed by atoms with van der Waals surface area (Å²) in [5, 5.41) is 11.0. The zero-order valence-corrected chi connectivity index (χ0v) is 29.7. The molecule has 11 atom stereocenters. The number of carbonyl (C=O) groups excluding carboxylic acids is 2. The highest BCUT2D eigenvalue weighted by molar-refractivity contribution is 5.73. The van der Waals surface area contributed by atoms with Gasteiger partial charge >= 0.3 is 17.9 Å². The molecule has 2 heterocycles. The van der Waals surface area contributed by atoms with Crippen molar-refractivity contribution in [1.29, 1.82) is 0 Å². The first-order valence-electron chi connectivity index (χ1n) is 18.1. The van der Waals surface area contributed by atoms with Gasteiger partial charge < -0.3 is 19.3 Å². The van der Waals surface area contributed by atoms with E-state index in [0.717, 1.165) is 51.6 Å². The molecule has 4 aliphatic carbocycles. The minimum absolute atomic E-state index is 0.195. The fraction of sp³-hybridized carbons (Fsp3) is 0.868. The third kappa shape index (κ3) is 4.84. The summed E-state index contributed by atoms with van der Waals surface area (Å²) >= 11 is 0. The predicted octanol–water partition coefficient (Wildman–Crippen LogP) is 6.51. The molecule has 3 saturated carbocycles. The van der Waals surface area contributed by atoms with Gasteiger partial charge in [0.2, 0.25) is 0 Å². The average molecular weight is 642 g/mol. The van der Waals surface area contributed by atoms with Crippen LogP contribution in [0, 0.1) is 56.7 Å². The lowest BCUT2D eigenvalue weighted by molar-refractivity contribution is -0.263. The molecular formula is C38H59NO7. The molecule has 2 bridgehead atoms. The molecular weight excluding hydrogens is 582 g/mol. The first-order valence-corrected chi connectivity index (χ1v) is 18.1. The number of esters is 2. The van der Waals surface area contributed by atoms with Crippen molar-refractivity contribution in [3.63, 3.8) is 0 Å². The number of ether oxygens (including phenoxy) is 3. The highest BCUT2D eigenvalue weighted by Crippen LogP contribution is 2.75. The molecule has 0 radical (unpaired) electrons. The van der Waals surface area contributed by atoms with E-state index in [9.17, 15) is 19.5 Å². The van der Waals surface area contributed by atoms with Crippen molar-refractivity contribution >= 4 is 17.9 Å². The number of allylic oxidation sites excluding steroid dienone is 1. The van der Waals surface area contributed by atoms with Gasteiger partial charge in [0.1, 0.15) is 12.2 Å². The summed E-state index contributed by atoms with van der Waals surface area (Å²) in [5.41, 5.74) is -0.352. The smallest absolute Gasteiger partial charge is 0.320 e. The quantitative estimate of drug-likeness (QED) is 0.248. The first kappa shape index (κ1) is 34.0. The SMILES string of the molecule is CC(=O)O[C@@H]1C[C@@]23COC[C@](C)([C@@H]2CC[C@H]2C3=CC[C@@]3(C)[C@H](C(=O)O)[C@@](C)([C@H](C)C(C)C)CC[C@]23C)[C@H]1OC(=O)CN1CCCC1. The number of rotatable bonds is 7. The van der Waals surface area contributed by atoms with Gasteiger partial charge in [0.25, 0.3) is 0 Å². The minimum Gasteiger partial charge on any atom is -0.481 e. The van der Waals surface area contributed by atoms with E-state index in [1.807, 2.05) is 0 Å². The Morgan fingerprint density at radius 3 is 2.33 bits per heavy atom. The lowest BCUT2D eigenvalue weighted by Gasteiger charge is -2.71. The summed E-state index contributed by atoms with van der Waals surface area (Å²) in [4.78, 5) is 41.4. The highest BCUT2D eigenvalue weighted by Gasteiger charge is 2.72. The van der Waals surface area contributed by atoms with Gasteiger partial charge in [-0.25, -0.2) is 0 Å². The van der Waals surface area contributed by atoms with Crippen molar-refractivity contribution in [1.82, 2.24) is 4.90 Å². The van der Waals surface area contributed by atoms with E-state index >= 15 is 0 Å². The van der Waals surface area contributed by atoms with Gasteiger partial charge in [-0.1, -0.05) is 60.1 Å². The molecule has 8 heteroatoms. The van der Waals surface area contributed by atoms with Crippen molar-refractivity contribution in [2.24, 2.45) is 56.7 Å². The highest BCUT2D eigenvalue weighted by atomic mass is 16.6. The van der Waals surface area contributed by atoms with Gasteiger partial charge in [0, 0.05) is 17.8 Å². The van der Waals surface area contributed by atoms with Crippen molar-refractivity contribution < 1.29 is 33.7 Å². The fourth-order valence-corrected chi connectivity index (χ4v) is 12.4. The fourth-order valence-electron chi connectivity index (χ4n) is 12.4. The molecule has 0 aromatic rings. The van der Waals surface area contributed by atoms with Crippen LogP contribution < -0.4 is 0 Å². The number of hydrogen-bond acceptors (Lipinski definition) is 7. The second-order valence-electron chi connectivity index (χ2n) is 17.6. The molecule has 6 aliphatic rings. The molecule has 2 saturated heterocycles. The van der Waals surface area contributed by atoms with Crippen LogP contribution in [0.1, 0.15) is 107 Å². The zero-order chi connectivity index (χ0) is 33.4. The number of aliphatic carboxylic acids is 1. The van der Waals surface area contributed by atoms with E-state index in [4.69, 9.17) is 14.2 Å². The Balaban J connectivity index is 1.38. The summed E-state index contributed by atoms with van der Waals surface area (Å²) in [5.74, 6) is -0.593. The van der Waals surface area contributed by atoms with Crippen LogP contribution in [-0.4, -0.2) is 73.0 Å². The van der Waals surface area contributed by atoms with Gasteiger partial charge in [-0.05, 0) is 104 Å². The number of fused-ring (bicyclic) bond motifs is 3. The van der Waals surface area contributed by atoms with Gasteiger partial charge in [-0.2, -0.15) is 0 Å². The van der Waals surface area contributed by atoms with Crippen LogP contribution in [0.4, 0.5) is 0 Å². The van der Waals surface area contributed by atoms with Gasteiger partial charge in [0.15, 0.2) is 0 Å². The summed E-state index contributed by atoms with van der Waals surface area (Å²) in [6.45, 7) is 20.3. The second kappa shape index (κ2) is 11.6. The Morgan fingerprint density at radius 2 is 1.70 bits per heavy atom. The number of carbonyl (C=O) groups is 3. The number of carboxylic acids is 1.